The number of halogens is 3. The van der Waals surface area contributed by atoms with Gasteiger partial charge >= 0.3 is 6.36 Å². The molecule has 1 aromatic rings. The number of alkyl halides is 3. The van der Waals surface area contributed by atoms with E-state index in [-0.39, 0.29) is 5.75 Å². The third-order valence-corrected chi connectivity index (χ3v) is 1.93. The molecule has 0 spiro atoms. The van der Waals surface area contributed by atoms with E-state index in [9.17, 15) is 13.2 Å². The van der Waals surface area contributed by atoms with E-state index in [2.05, 4.69) is 10.8 Å². The first kappa shape index (κ1) is 10.2. The van der Waals surface area contributed by atoms with Crippen LogP contribution in [0.5, 0.6) is 5.75 Å². The summed E-state index contributed by atoms with van der Waals surface area (Å²) in [5.74, 6) is -0.306. The van der Waals surface area contributed by atoms with Gasteiger partial charge in [-0.05, 0) is 24.5 Å². The number of hydrogen-bond donors (Lipinski definition) is 0. The lowest BCUT2D eigenvalue weighted by Gasteiger charge is -2.08. The normalized spacial score (nSPS) is 11.4. The first-order chi connectivity index (χ1) is 6.01. The number of thioether (sulfide) groups is 1. The zero-order valence-electron chi connectivity index (χ0n) is 6.68. The molecule has 1 radical (unpaired) electrons. The van der Waals surface area contributed by atoms with Crippen molar-refractivity contribution >= 4 is 11.8 Å². The van der Waals surface area contributed by atoms with Gasteiger partial charge in [0.25, 0.3) is 0 Å². The first-order valence-corrected chi connectivity index (χ1v) is 4.55. The van der Waals surface area contributed by atoms with Crippen LogP contribution >= 0.6 is 11.8 Å². The average molecular weight is 207 g/mol. The molecule has 0 aliphatic carbocycles. The smallest absolute Gasteiger partial charge is 0.405 e. The van der Waals surface area contributed by atoms with Gasteiger partial charge in [0, 0.05) is 11.0 Å². The summed E-state index contributed by atoms with van der Waals surface area (Å²) >= 11 is 1.34. The molecule has 0 N–H and O–H groups in total. The van der Waals surface area contributed by atoms with Crippen molar-refractivity contribution in [2.24, 2.45) is 0 Å². The highest BCUT2D eigenvalue weighted by atomic mass is 32.2. The van der Waals surface area contributed by atoms with Gasteiger partial charge in [-0.1, -0.05) is 0 Å². The number of benzene rings is 1. The molecule has 0 aromatic heterocycles. The van der Waals surface area contributed by atoms with Crippen molar-refractivity contribution in [1.82, 2.24) is 0 Å². The van der Waals surface area contributed by atoms with E-state index in [1.807, 2.05) is 0 Å². The summed E-state index contributed by atoms with van der Waals surface area (Å²) in [6.07, 6.45) is -2.87. The van der Waals surface area contributed by atoms with Crippen molar-refractivity contribution in [3.63, 3.8) is 0 Å². The molecule has 0 fully saturated rings. The van der Waals surface area contributed by atoms with Crippen molar-refractivity contribution in [2.45, 2.75) is 11.3 Å². The van der Waals surface area contributed by atoms with E-state index in [0.717, 1.165) is 0 Å². The second-order valence-corrected chi connectivity index (χ2v) is 3.02. The monoisotopic (exact) mass is 207 g/mol. The van der Waals surface area contributed by atoms with Crippen LogP contribution in [0.15, 0.2) is 23.1 Å². The van der Waals surface area contributed by atoms with Gasteiger partial charge in [-0.15, -0.1) is 24.9 Å². The van der Waals surface area contributed by atoms with Crippen LogP contribution in [0.4, 0.5) is 13.2 Å². The molecule has 5 heteroatoms. The average Bonchev–Trinajstić information content (AvgIpc) is 2.01. The Balaban J connectivity index is 2.78. The standard InChI is InChI=1S/C8H6F3OS/c1-13-7-4-2-3-6(5-7)12-8(9,10)11/h2,4-5H,1H3. The summed E-state index contributed by atoms with van der Waals surface area (Å²) < 4.78 is 38.9. The van der Waals surface area contributed by atoms with Crippen LogP contribution in [0.2, 0.25) is 0 Å². The SMILES string of the molecule is CSc1cc[c]c(OC(F)(F)F)c1. The molecule has 13 heavy (non-hydrogen) atoms. The number of rotatable bonds is 2. The highest BCUT2D eigenvalue weighted by Gasteiger charge is 2.31. The van der Waals surface area contributed by atoms with Crippen molar-refractivity contribution < 1.29 is 17.9 Å². The fraction of sp³-hybridized carbons (Fsp3) is 0.250. The predicted octanol–water partition coefficient (Wildman–Crippen LogP) is 3.11. The van der Waals surface area contributed by atoms with Gasteiger partial charge in [0.2, 0.25) is 0 Å². The quantitative estimate of drug-likeness (QED) is 0.689. The molecule has 0 amide bonds. The van der Waals surface area contributed by atoms with Crippen molar-refractivity contribution in [3.05, 3.63) is 24.3 Å². The Labute approximate surface area is 77.9 Å². The lowest BCUT2D eigenvalue weighted by molar-refractivity contribution is -0.274. The molecule has 0 bridgehead atoms. The van der Waals surface area contributed by atoms with Crippen molar-refractivity contribution in [3.8, 4) is 5.75 Å². The number of hydrogen-bond acceptors (Lipinski definition) is 2. The van der Waals surface area contributed by atoms with Gasteiger partial charge in [0.15, 0.2) is 0 Å². The molecule has 71 valence electrons. The fourth-order valence-corrected chi connectivity index (χ4v) is 1.16. The maximum atomic E-state index is 11.7. The molecule has 0 aliphatic rings. The van der Waals surface area contributed by atoms with Gasteiger partial charge in [-0.25, -0.2) is 0 Å². The molecule has 1 aromatic carbocycles. The Morgan fingerprint density at radius 2 is 2.15 bits per heavy atom. The van der Waals surface area contributed by atoms with Crippen LogP contribution in [0.3, 0.4) is 0 Å². The van der Waals surface area contributed by atoms with Crippen LogP contribution in [0.25, 0.3) is 0 Å². The summed E-state index contributed by atoms with van der Waals surface area (Å²) in [7, 11) is 0. The predicted molar refractivity (Wildman–Crippen MR) is 43.7 cm³/mol. The molecule has 0 heterocycles. The van der Waals surface area contributed by atoms with Crippen LogP contribution in [0.1, 0.15) is 0 Å². The summed E-state index contributed by atoms with van der Waals surface area (Å²) in [5, 5.41) is 0. The molecule has 0 saturated heterocycles. The van der Waals surface area contributed by atoms with Gasteiger partial charge < -0.3 is 4.74 Å². The molecule has 1 nitrogen and oxygen atoms in total. The molecule has 0 unspecified atom stereocenters. The lowest BCUT2D eigenvalue weighted by Crippen LogP contribution is -2.17. The number of ether oxygens (including phenoxy) is 1. The Hall–Kier alpha value is -0.840. The van der Waals surface area contributed by atoms with Crippen LogP contribution in [0, 0.1) is 6.07 Å². The fourth-order valence-electron chi connectivity index (χ4n) is 0.735. The molecule has 0 aliphatic heterocycles. The van der Waals surface area contributed by atoms with E-state index in [1.165, 1.54) is 23.9 Å². The highest BCUT2D eigenvalue weighted by Crippen LogP contribution is 2.25. The largest absolute Gasteiger partial charge is 0.573 e. The van der Waals surface area contributed by atoms with E-state index in [4.69, 9.17) is 0 Å². The minimum Gasteiger partial charge on any atom is -0.405 e. The lowest BCUT2D eigenvalue weighted by atomic mass is 10.3. The van der Waals surface area contributed by atoms with E-state index >= 15 is 0 Å². The van der Waals surface area contributed by atoms with Crippen LogP contribution in [-0.4, -0.2) is 12.6 Å². The first-order valence-electron chi connectivity index (χ1n) is 3.33. The summed E-state index contributed by atoms with van der Waals surface area (Å²) in [6.45, 7) is 0. The zero-order valence-corrected chi connectivity index (χ0v) is 7.50. The maximum absolute atomic E-state index is 11.7. The second-order valence-electron chi connectivity index (χ2n) is 2.14. The third kappa shape index (κ3) is 3.59. The van der Waals surface area contributed by atoms with Gasteiger partial charge in [-0.3, -0.25) is 0 Å². The molecular weight excluding hydrogens is 201 g/mol. The van der Waals surface area contributed by atoms with Gasteiger partial charge in [0.05, 0.1) is 0 Å². The van der Waals surface area contributed by atoms with Gasteiger partial charge in [0.1, 0.15) is 5.75 Å². The minimum absolute atomic E-state index is 0.306. The molecular formula is C8H6F3OS. The van der Waals surface area contributed by atoms with E-state index in [1.54, 1.807) is 12.3 Å². The third-order valence-electron chi connectivity index (χ3n) is 1.21. The Bertz CT molecular complexity index is 285. The molecule has 0 saturated carbocycles. The second kappa shape index (κ2) is 3.91. The Morgan fingerprint density at radius 1 is 1.46 bits per heavy atom. The van der Waals surface area contributed by atoms with Crippen LogP contribution in [-0.2, 0) is 0 Å². The summed E-state index contributed by atoms with van der Waals surface area (Å²) in [5.41, 5.74) is 0. The van der Waals surface area contributed by atoms with Crippen molar-refractivity contribution in [2.75, 3.05) is 6.26 Å². The van der Waals surface area contributed by atoms with Crippen LogP contribution < -0.4 is 4.74 Å². The highest BCUT2D eigenvalue weighted by molar-refractivity contribution is 7.98. The van der Waals surface area contributed by atoms with E-state index in [0.29, 0.717) is 4.90 Å². The maximum Gasteiger partial charge on any atom is 0.573 e. The Morgan fingerprint density at radius 3 is 2.69 bits per heavy atom. The Kier molecular flexibility index (Phi) is 3.08. The van der Waals surface area contributed by atoms with Crippen molar-refractivity contribution in [1.29, 1.82) is 0 Å². The summed E-state index contributed by atoms with van der Waals surface area (Å²) in [4.78, 5) is 0.706. The molecule has 1 rings (SSSR count). The van der Waals surface area contributed by atoms with E-state index < -0.39 is 6.36 Å². The topological polar surface area (TPSA) is 9.23 Å². The zero-order chi connectivity index (χ0) is 9.90. The minimum atomic E-state index is -4.65. The van der Waals surface area contributed by atoms with Gasteiger partial charge in [-0.2, -0.15) is 0 Å². The molecule has 0 atom stereocenters. The summed E-state index contributed by atoms with van der Waals surface area (Å²) in [6, 6.07) is 6.69.